The molecular weight excluding hydrogens is 480 g/mol. The first-order valence-corrected chi connectivity index (χ1v) is 11.7. The maximum Gasteiger partial charge on any atom is 0.326 e. The molecule has 1 heterocycles. The van der Waals surface area contributed by atoms with Crippen LogP contribution in [0.2, 0.25) is 0 Å². The Bertz CT molecular complexity index is 942. The first-order valence-electron chi connectivity index (χ1n) is 11.0. The summed E-state index contributed by atoms with van der Waals surface area (Å²) in [5.41, 5.74) is 6.35. The van der Waals surface area contributed by atoms with Gasteiger partial charge in [-0.3, -0.25) is 19.2 Å². The van der Waals surface area contributed by atoms with Crippen LogP contribution in [0.5, 0.6) is 5.75 Å². The molecule has 12 nitrogen and oxygen atoms in total. The molecule has 2 rings (SSSR count). The normalized spacial score (nSPS) is 17.8. The van der Waals surface area contributed by atoms with Crippen LogP contribution in [0.4, 0.5) is 0 Å². The molecule has 0 aromatic heterocycles. The number of hydrogen-bond acceptors (Lipinski definition) is 8. The van der Waals surface area contributed by atoms with Crippen molar-refractivity contribution in [3.8, 4) is 5.75 Å². The molecule has 0 spiro atoms. The number of thiol groups is 1. The van der Waals surface area contributed by atoms with Crippen molar-refractivity contribution in [3.63, 3.8) is 0 Å². The Labute approximate surface area is 207 Å². The summed E-state index contributed by atoms with van der Waals surface area (Å²) in [6, 6.07) is 1.43. The average molecular weight is 511 g/mol. The van der Waals surface area contributed by atoms with E-state index in [2.05, 4.69) is 23.3 Å². The Kier molecular flexibility index (Phi) is 10.3. The van der Waals surface area contributed by atoms with Crippen LogP contribution in [0.3, 0.4) is 0 Å². The summed E-state index contributed by atoms with van der Waals surface area (Å²) >= 11 is 4.13. The van der Waals surface area contributed by atoms with E-state index in [9.17, 15) is 34.2 Å². The summed E-state index contributed by atoms with van der Waals surface area (Å²) < 4.78 is 0. The van der Waals surface area contributed by atoms with Crippen molar-refractivity contribution in [1.82, 2.24) is 15.5 Å². The Balaban J connectivity index is 2.16. The van der Waals surface area contributed by atoms with Gasteiger partial charge in [0.25, 0.3) is 0 Å². The summed E-state index contributed by atoms with van der Waals surface area (Å²) in [6.07, 6.45) is 0.336. The first-order chi connectivity index (χ1) is 16.5. The first kappa shape index (κ1) is 27.9. The van der Waals surface area contributed by atoms with Gasteiger partial charge in [-0.25, -0.2) is 4.79 Å². The predicted molar refractivity (Wildman–Crippen MR) is 127 cm³/mol. The number of nitrogens with zero attached hydrogens (tertiary/aromatic N) is 1. The second-order valence-corrected chi connectivity index (χ2v) is 8.61. The Morgan fingerprint density at radius 1 is 1.06 bits per heavy atom. The molecule has 3 amide bonds. The molecule has 7 N–H and O–H groups in total. The minimum absolute atomic E-state index is 0.00816. The molecule has 1 fully saturated rings. The molecule has 0 aliphatic carbocycles. The quantitative estimate of drug-likeness (QED) is 0.174. The third kappa shape index (κ3) is 8.14. The third-order valence-corrected chi connectivity index (χ3v) is 6.00. The fourth-order valence-electron chi connectivity index (χ4n) is 3.71. The number of carbonyl (C=O) groups excluding carboxylic acids is 3. The molecular formula is C22H30N4O8S. The topological polar surface area (TPSA) is 199 Å². The van der Waals surface area contributed by atoms with Crippen molar-refractivity contribution in [2.24, 2.45) is 5.73 Å². The maximum atomic E-state index is 13.1. The largest absolute Gasteiger partial charge is 0.508 e. The maximum absolute atomic E-state index is 13.1. The van der Waals surface area contributed by atoms with Gasteiger partial charge in [0, 0.05) is 25.1 Å². The van der Waals surface area contributed by atoms with Gasteiger partial charge >= 0.3 is 11.9 Å². The molecule has 0 bridgehead atoms. The Hall–Kier alpha value is -3.32. The summed E-state index contributed by atoms with van der Waals surface area (Å²) in [6.45, 7) is 0.238. The van der Waals surface area contributed by atoms with Gasteiger partial charge in [0.1, 0.15) is 23.9 Å². The lowest BCUT2D eigenvalue weighted by atomic mass is 10.0. The fourth-order valence-corrected chi connectivity index (χ4v) is 3.96. The van der Waals surface area contributed by atoms with E-state index >= 15 is 0 Å². The Morgan fingerprint density at radius 3 is 2.26 bits per heavy atom. The highest BCUT2D eigenvalue weighted by molar-refractivity contribution is 7.80. The van der Waals surface area contributed by atoms with E-state index in [4.69, 9.17) is 10.8 Å². The van der Waals surface area contributed by atoms with Gasteiger partial charge in [-0.15, -0.1) is 0 Å². The van der Waals surface area contributed by atoms with Gasteiger partial charge in [-0.2, -0.15) is 12.6 Å². The lowest BCUT2D eigenvalue weighted by Crippen LogP contribution is -2.58. The number of likely N-dealkylation sites (tertiary alicyclic amines) is 1. The zero-order valence-electron chi connectivity index (χ0n) is 18.9. The van der Waals surface area contributed by atoms with Gasteiger partial charge in [0.05, 0.1) is 6.04 Å². The molecule has 0 radical (unpaired) electrons. The summed E-state index contributed by atoms with van der Waals surface area (Å²) in [7, 11) is 0. The zero-order chi connectivity index (χ0) is 26.1. The van der Waals surface area contributed by atoms with E-state index in [1.54, 1.807) is 12.1 Å². The summed E-state index contributed by atoms with van der Waals surface area (Å²) in [5.74, 6) is -4.42. The van der Waals surface area contributed by atoms with Crippen LogP contribution in [0.25, 0.3) is 0 Å². The van der Waals surface area contributed by atoms with Crippen LogP contribution >= 0.6 is 12.6 Å². The minimum atomic E-state index is -1.19. The van der Waals surface area contributed by atoms with E-state index in [0.29, 0.717) is 18.4 Å². The molecule has 1 aromatic rings. The number of carbonyl (C=O) groups is 5. The van der Waals surface area contributed by atoms with Crippen molar-refractivity contribution < 1.29 is 39.3 Å². The Morgan fingerprint density at radius 2 is 1.69 bits per heavy atom. The summed E-state index contributed by atoms with van der Waals surface area (Å²) in [5, 5.41) is 32.7. The van der Waals surface area contributed by atoms with Gasteiger partial charge in [-0.05, 0) is 37.0 Å². The average Bonchev–Trinajstić information content (AvgIpc) is 3.31. The number of nitrogens with two attached hydrogens (primary N) is 1. The highest BCUT2D eigenvalue weighted by atomic mass is 32.1. The second kappa shape index (κ2) is 13.0. The van der Waals surface area contributed by atoms with Crippen molar-refractivity contribution in [3.05, 3.63) is 29.8 Å². The predicted octanol–water partition coefficient (Wildman–Crippen LogP) is -0.898. The van der Waals surface area contributed by atoms with E-state index in [0.717, 1.165) is 0 Å². The number of aromatic hydroxyl groups is 1. The number of phenols is 1. The molecule has 4 atom stereocenters. The molecule has 1 aliphatic rings. The summed E-state index contributed by atoms with van der Waals surface area (Å²) in [4.78, 5) is 62.0. The fraction of sp³-hybridized carbons (Fsp3) is 0.500. The van der Waals surface area contributed by atoms with Crippen LogP contribution in [0, 0.1) is 0 Å². The number of nitrogens with one attached hydrogen (secondary N) is 2. The number of benzene rings is 1. The molecule has 1 aromatic carbocycles. The molecule has 35 heavy (non-hydrogen) atoms. The standard InChI is InChI=1S/C22H30N4O8S/c23-14(7-8-18(28)29)19(30)24-15(10-12-3-5-13(27)6-4-12)20(31)25-16(11-35)21(32)26-9-1-2-17(26)22(33)34/h3-6,14-17,27,35H,1-2,7-11,23H2,(H,24,30)(H,25,31)(H,28,29)(H,33,34). The van der Waals surface area contributed by atoms with Gasteiger partial charge < -0.3 is 36.6 Å². The van der Waals surface area contributed by atoms with Crippen molar-refractivity contribution in [2.75, 3.05) is 12.3 Å². The number of carboxylic acids is 2. The van der Waals surface area contributed by atoms with E-state index in [1.165, 1.54) is 17.0 Å². The van der Waals surface area contributed by atoms with Gasteiger partial charge in [-0.1, -0.05) is 12.1 Å². The molecule has 1 aliphatic heterocycles. The lowest BCUT2D eigenvalue weighted by Gasteiger charge is -2.28. The highest BCUT2D eigenvalue weighted by Crippen LogP contribution is 2.19. The van der Waals surface area contributed by atoms with Crippen LogP contribution in [-0.2, 0) is 30.4 Å². The molecule has 0 saturated carbocycles. The van der Waals surface area contributed by atoms with Crippen molar-refractivity contribution >= 4 is 42.3 Å². The number of amides is 3. The number of carboxylic acid groups (broad SMARTS) is 2. The number of hydrogen-bond donors (Lipinski definition) is 7. The van der Waals surface area contributed by atoms with Gasteiger partial charge in [0.15, 0.2) is 0 Å². The van der Waals surface area contributed by atoms with Crippen LogP contribution in [0.1, 0.15) is 31.2 Å². The number of aliphatic carboxylic acids is 2. The molecule has 4 unspecified atom stereocenters. The van der Waals surface area contributed by atoms with Crippen LogP contribution in [0.15, 0.2) is 24.3 Å². The SMILES string of the molecule is NC(CCC(=O)O)C(=O)NC(Cc1ccc(O)cc1)C(=O)NC(CS)C(=O)N1CCCC1C(=O)O. The highest BCUT2D eigenvalue weighted by Gasteiger charge is 2.38. The van der Waals surface area contributed by atoms with E-state index in [1.807, 2.05) is 0 Å². The molecule has 1 saturated heterocycles. The smallest absolute Gasteiger partial charge is 0.326 e. The minimum Gasteiger partial charge on any atom is -0.508 e. The van der Waals surface area contributed by atoms with Gasteiger partial charge in [0.2, 0.25) is 17.7 Å². The van der Waals surface area contributed by atoms with E-state index in [-0.39, 0.29) is 37.3 Å². The van der Waals surface area contributed by atoms with Crippen LogP contribution in [-0.4, -0.2) is 86.3 Å². The monoisotopic (exact) mass is 510 g/mol. The number of rotatable bonds is 12. The number of phenolic OH excluding ortho intramolecular Hbond substituents is 1. The zero-order valence-corrected chi connectivity index (χ0v) is 19.8. The molecule has 13 heteroatoms. The van der Waals surface area contributed by atoms with Crippen LogP contribution < -0.4 is 16.4 Å². The van der Waals surface area contributed by atoms with Crippen molar-refractivity contribution in [1.29, 1.82) is 0 Å². The van der Waals surface area contributed by atoms with E-state index < -0.39 is 53.8 Å². The molecule has 192 valence electrons. The third-order valence-electron chi connectivity index (χ3n) is 5.63. The second-order valence-electron chi connectivity index (χ2n) is 8.24. The lowest BCUT2D eigenvalue weighted by molar-refractivity contribution is -0.149. The van der Waals surface area contributed by atoms with Crippen molar-refractivity contribution in [2.45, 2.75) is 56.3 Å².